The van der Waals surface area contributed by atoms with Crippen molar-refractivity contribution in [2.24, 2.45) is 5.73 Å². The quantitative estimate of drug-likeness (QED) is 0.111. The number of rotatable bonds is 12. The van der Waals surface area contributed by atoms with E-state index in [4.69, 9.17) is 10.6 Å². The molecule has 1 aliphatic heterocycles. The fourth-order valence-electron chi connectivity index (χ4n) is 4.90. The van der Waals surface area contributed by atoms with Crippen molar-refractivity contribution >= 4 is 23.8 Å². The molecule has 0 saturated heterocycles. The number of hydrogen-bond donors (Lipinski definition) is 1. The minimum atomic E-state index is -0.512. The number of hydroxylamine groups is 2. The van der Waals surface area contributed by atoms with E-state index in [1.807, 2.05) is 18.2 Å². The second-order valence-electron chi connectivity index (χ2n) is 9.23. The normalized spacial score (nSPS) is 13.2. The highest BCUT2D eigenvalue weighted by molar-refractivity contribution is 7.98. The molecule has 1 aliphatic rings. The molecule has 0 spiro atoms. The van der Waals surface area contributed by atoms with E-state index in [-0.39, 0.29) is 6.61 Å². The van der Waals surface area contributed by atoms with Gasteiger partial charge in [0, 0.05) is 19.6 Å². The van der Waals surface area contributed by atoms with Crippen LogP contribution < -0.4 is 5.73 Å². The maximum atomic E-state index is 12.6. The van der Waals surface area contributed by atoms with Gasteiger partial charge in [-0.2, -0.15) is 0 Å². The first-order valence-electron chi connectivity index (χ1n) is 13.1. The Labute approximate surface area is 233 Å². The lowest BCUT2D eigenvalue weighted by atomic mass is 9.84. The van der Waals surface area contributed by atoms with Crippen molar-refractivity contribution in [3.8, 4) is 0 Å². The van der Waals surface area contributed by atoms with Gasteiger partial charge in [0.1, 0.15) is 4.75 Å². The molecule has 0 aliphatic carbocycles. The molecule has 0 saturated carbocycles. The first-order valence-corrected chi connectivity index (χ1v) is 13.8. The SMILES string of the molecule is NCCN(CCCON1C(=O)c2ccccc2C1=O)SC(c1ccccc1)(c1ccccc1)c1ccccc1. The standard InChI is InChI=1S/C32H31N3O3S/c33-21-23-34(22-12-24-38-35-30(36)28-19-10-11-20-29(28)31(35)37)39-32(25-13-4-1-5-14-25,26-15-6-2-7-16-26)27-17-8-3-9-18-27/h1-11,13-20H,12,21-24,33H2. The Morgan fingerprint density at radius 2 is 1.10 bits per heavy atom. The van der Waals surface area contributed by atoms with Crippen molar-refractivity contribution < 1.29 is 14.4 Å². The lowest BCUT2D eigenvalue weighted by Gasteiger charge is -2.39. The predicted molar refractivity (Wildman–Crippen MR) is 155 cm³/mol. The summed E-state index contributed by atoms with van der Waals surface area (Å²) >= 11 is 1.75. The van der Waals surface area contributed by atoms with Gasteiger partial charge in [-0.1, -0.05) is 115 Å². The predicted octanol–water partition coefficient (Wildman–Crippen LogP) is 5.51. The van der Waals surface area contributed by atoms with Gasteiger partial charge >= 0.3 is 0 Å². The Kier molecular flexibility index (Phi) is 8.54. The molecule has 198 valence electrons. The molecule has 39 heavy (non-hydrogen) atoms. The molecule has 7 heteroatoms. The van der Waals surface area contributed by atoms with Gasteiger partial charge in [-0.3, -0.25) is 14.4 Å². The monoisotopic (exact) mass is 537 g/mol. The van der Waals surface area contributed by atoms with Gasteiger partial charge in [0.15, 0.2) is 0 Å². The van der Waals surface area contributed by atoms with Crippen LogP contribution in [0.2, 0.25) is 0 Å². The number of nitrogens with two attached hydrogens (primary N) is 1. The third-order valence-electron chi connectivity index (χ3n) is 6.71. The smallest absolute Gasteiger partial charge is 0.285 e. The van der Waals surface area contributed by atoms with Crippen LogP contribution in [0.25, 0.3) is 0 Å². The van der Waals surface area contributed by atoms with Gasteiger partial charge in [0.05, 0.1) is 17.7 Å². The second-order valence-corrected chi connectivity index (χ2v) is 10.5. The number of carbonyl (C=O) groups excluding carboxylic acids is 2. The molecule has 0 aromatic heterocycles. The van der Waals surface area contributed by atoms with Crippen molar-refractivity contribution in [1.82, 2.24) is 9.37 Å². The van der Waals surface area contributed by atoms with Crippen LogP contribution in [0.15, 0.2) is 115 Å². The number of amides is 2. The summed E-state index contributed by atoms with van der Waals surface area (Å²) in [6, 6.07) is 38.3. The van der Waals surface area contributed by atoms with Gasteiger partial charge in [-0.05, 0) is 35.2 Å². The van der Waals surface area contributed by atoms with E-state index < -0.39 is 16.6 Å². The molecule has 4 aromatic rings. The molecular formula is C32H31N3O3S. The van der Waals surface area contributed by atoms with Crippen LogP contribution in [0.5, 0.6) is 0 Å². The summed E-state index contributed by atoms with van der Waals surface area (Å²) < 4.78 is 1.75. The second kappa shape index (κ2) is 12.4. The Hall–Kier alpha value is -3.75. The average molecular weight is 538 g/mol. The van der Waals surface area contributed by atoms with Crippen LogP contribution in [0.3, 0.4) is 0 Å². The maximum absolute atomic E-state index is 12.6. The van der Waals surface area contributed by atoms with Crippen LogP contribution in [0, 0.1) is 0 Å². The highest BCUT2D eigenvalue weighted by Gasteiger charge is 2.39. The van der Waals surface area contributed by atoms with Crippen molar-refractivity contribution in [3.63, 3.8) is 0 Å². The largest absolute Gasteiger partial charge is 0.329 e. The Bertz CT molecular complexity index is 1270. The number of fused-ring (bicyclic) bond motifs is 1. The fraction of sp³-hybridized carbons (Fsp3) is 0.188. The molecule has 4 aromatic carbocycles. The summed E-state index contributed by atoms with van der Waals surface area (Å²) in [4.78, 5) is 31.0. The summed E-state index contributed by atoms with van der Waals surface area (Å²) in [5, 5.41) is 0.882. The van der Waals surface area contributed by atoms with Gasteiger partial charge < -0.3 is 5.73 Å². The number of nitrogens with zero attached hydrogens (tertiary/aromatic N) is 2. The van der Waals surface area contributed by atoms with E-state index in [1.54, 1.807) is 36.2 Å². The fourth-order valence-corrected chi connectivity index (χ4v) is 6.43. The van der Waals surface area contributed by atoms with Gasteiger partial charge in [0.25, 0.3) is 11.8 Å². The third-order valence-corrected chi connectivity index (χ3v) is 8.32. The summed E-state index contributed by atoms with van der Waals surface area (Å²) in [7, 11) is 0. The molecule has 0 atom stereocenters. The van der Waals surface area contributed by atoms with Crippen molar-refractivity contribution in [2.75, 3.05) is 26.2 Å². The van der Waals surface area contributed by atoms with E-state index in [0.29, 0.717) is 37.2 Å². The minimum absolute atomic E-state index is 0.224. The van der Waals surface area contributed by atoms with E-state index in [9.17, 15) is 9.59 Å². The molecular weight excluding hydrogens is 506 g/mol. The zero-order valence-corrected chi connectivity index (χ0v) is 22.4. The van der Waals surface area contributed by atoms with Crippen LogP contribution in [-0.4, -0.2) is 47.4 Å². The van der Waals surface area contributed by atoms with Gasteiger partial charge in [0.2, 0.25) is 0 Å². The molecule has 1 heterocycles. The molecule has 5 rings (SSSR count). The van der Waals surface area contributed by atoms with Gasteiger partial charge in [-0.15, -0.1) is 5.06 Å². The zero-order valence-electron chi connectivity index (χ0n) is 21.6. The third kappa shape index (κ3) is 5.53. The molecule has 0 unspecified atom stereocenters. The molecule has 0 radical (unpaired) electrons. The van der Waals surface area contributed by atoms with Crippen LogP contribution in [0.1, 0.15) is 43.8 Å². The van der Waals surface area contributed by atoms with Gasteiger partial charge in [-0.25, -0.2) is 4.31 Å². The lowest BCUT2D eigenvalue weighted by molar-refractivity contribution is -0.0923. The number of hydrogen-bond acceptors (Lipinski definition) is 6. The van der Waals surface area contributed by atoms with Crippen LogP contribution >= 0.6 is 11.9 Å². The maximum Gasteiger partial charge on any atom is 0.285 e. The van der Waals surface area contributed by atoms with E-state index in [0.717, 1.165) is 21.8 Å². The number of benzene rings is 4. The lowest BCUT2D eigenvalue weighted by Crippen LogP contribution is -2.35. The van der Waals surface area contributed by atoms with Crippen LogP contribution in [-0.2, 0) is 9.58 Å². The van der Waals surface area contributed by atoms with Crippen molar-refractivity contribution in [2.45, 2.75) is 11.2 Å². The number of imide groups is 1. The first-order chi connectivity index (χ1) is 19.1. The zero-order chi connectivity index (χ0) is 27.1. The summed E-state index contributed by atoms with van der Waals surface area (Å²) in [5.74, 6) is -0.833. The highest BCUT2D eigenvalue weighted by Crippen LogP contribution is 2.49. The van der Waals surface area contributed by atoms with Crippen LogP contribution in [0.4, 0.5) is 0 Å². The molecule has 2 N–H and O–H groups in total. The summed E-state index contributed by atoms with van der Waals surface area (Å²) in [5.41, 5.74) is 10.3. The Morgan fingerprint density at radius 3 is 1.54 bits per heavy atom. The Morgan fingerprint density at radius 1 is 0.667 bits per heavy atom. The van der Waals surface area contributed by atoms with Crippen molar-refractivity contribution in [1.29, 1.82) is 0 Å². The average Bonchev–Trinajstić information content (AvgIpc) is 3.24. The highest BCUT2D eigenvalue weighted by atomic mass is 32.2. The molecule has 2 amide bonds. The summed E-state index contributed by atoms with van der Waals surface area (Å²) in [6.45, 7) is 2.02. The minimum Gasteiger partial charge on any atom is -0.329 e. The first kappa shape index (κ1) is 26.8. The molecule has 0 fully saturated rings. The topological polar surface area (TPSA) is 75.9 Å². The summed E-state index contributed by atoms with van der Waals surface area (Å²) in [6.07, 6.45) is 0.606. The molecule has 0 bridgehead atoms. The van der Waals surface area contributed by atoms with Crippen molar-refractivity contribution in [3.05, 3.63) is 143 Å². The Balaban J connectivity index is 1.37. The number of carbonyl (C=O) groups is 2. The van der Waals surface area contributed by atoms with E-state index in [1.165, 1.54) is 0 Å². The molecule has 6 nitrogen and oxygen atoms in total. The van der Waals surface area contributed by atoms with E-state index >= 15 is 0 Å². The van der Waals surface area contributed by atoms with E-state index in [2.05, 4.69) is 77.1 Å².